The van der Waals surface area contributed by atoms with Crippen molar-refractivity contribution in [2.24, 2.45) is 0 Å². The van der Waals surface area contributed by atoms with Gasteiger partial charge in [0.1, 0.15) is 0 Å². The van der Waals surface area contributed by atoms with Crippen LogP contribution in [0.1, 0.15) is 27.0 Å². The Morgan fingerprint density at radius 3 is 2.22 bits per heavy atom. The zero-order valence-corrected chi connectivity index (χ0v) is 13.7. The van der Waals surface area contributed by atoms with Gasteiger partial charge in [-0.3, -0.25) is 4.79 Å². The lowest BCUT2D eigenvalue weighted by Gasteiger charge is -2.09. The van der Waals surface area contributed by atoms with E-state index in [9.17, 15) is 9.90 Å². The number of aromatic hydroxyl groups is 1. The number of ether oxygens (including phenoxy) is 2. The van der Waals surface area contributed by atoms with E-state index in [4.69, 9.17) is 9.47 Å². The molecule has 2 aromatic rings. The standard InChI is InChI=1S/C19H20O4/c1-12-5-6-13(2)15(9-12)16(20)8-7-14-10-17(22-3)19(21)18(11-14)23-4/h5-11,21H,1-4H3. The van der Waals surface area contributed by atoms with Crippen LogP contribution in [0.4, 0.5) is 0 Å². The topological polar surface area (TPSA) is 55.8 Å². The molecule has 2 aromatic carbocycles. The molecule has 0 radical (unpaired) electrons. The molecule has 0 aliphatic rings. The van der Waals surface area contributed by atoms with Crippen molar-refractivity contribution in [2.75, 3.05) is 14.2 Å². The van der Waals surface area contributed by atoms with Gasteiger partial charge in [0.05, 0.1) is 14.2 Å². The number of ketones is 1. The Morgan fingerprint density at radius 2 is 1.65 bits per heavy atom. The second-order valence-corrected chi connectivity index (χ2v) is 5.29. The molecule has 0 saturated heterocycles. The molecule has 0 fully saturated rings. The quantitative estimate of drug-likeness (QED) is 0.671. The number of carbonyl (C=O) groups excluding carboxylic acids is 1. The Hall–Kier alpha value is -2.75. The number of carbonyl (C=O) groups is 1. The van der Waals surface area contributed by atoms with Gasteiger partial charge < -0.3 is 14.6 Å². The molecule has 0 aromatic heterocycles. The monoisotopic (exact) mass is 312 g/mol. The van der Waals surface area contributed by atoms with Crippen LogP contribution in [0.25, 0.3) is 6.08 Å². The highest BCUT2D eigenvalue weighted by atomic mass is 16.5. The van der Waals surface area contributed by atoms with Gasteiger partial charge in [-0.25, -0.2) is 0 Å². The SMILES string of the molecule is COc1cc(C=CC(=O)c2cc(C)ccc2C)cc(OC)c1O. The summed E-state index contributed by atoms with van der Waals surface area (Å²) in [6, 6.07) is 9.07. The van der Waals surface area contributed by atoms with Crippen LogP contribution >= 0.6 is 0 Å². The van der Waals surface area contributed by atoms with E-state index in [-0.39, 0.29) is 11.5 Å². The first kappa shape index (κ1) is 16.6. The minimum Gasteiger partial charge on any atom is -0.502 e. The van der Waals surface area contributed by atoms with Crippen molar-refractivity contribution in [3.63, 3.8) is 0 Å². The Kier molecular flexibility index (Phi) is 5.06. The van der Waals surface area contributed by atoms with Gasteiger partial charge in [-0.2, -0.15) is 0 Å². The number of benzene rings is 2. The first-order valence-electron chi connectivity index (χ1n) is 7.21. The number of hydrogen-bond acceptors (Lipinski definition) is 4. The minimum atomic E-state index is -0.0720. The van der Waals surface area contributed by atoms with Crippen LogP contribution in [0.15, 0.2) is 36.4 Å². The predicted molar refractivity (Wildman–Crippen MR) is 90.5 cm³/mol. The van der Waals surface area contributed by atoms with Crippen LogP contribution in [0.2, 0.25) is 0 Å². The maximum Gasteiger partial charge on any atom is 0.200 e. The summed E-state index contributed by atoms with van der Waals surface area (Å²) < 4.78 is 10.2. The summed E-state index contributed by atoms with van der Waals surface area (Å²) in [7, 11) is 2.92. The zero-order chi connectivity index (χ0) is 17.0. The third kappa shape index (κ3) is 3.72. The Balaban J connectivity index is 2.32. The average molecular weight is 312 g/mol. The third-order valence-corrected chi connectivity index (χ3v) is 3.59. The maximum absolute atomic E-state index is 12.4. The van der Waals surface area contributed by atoms with Crippen LogP contribution < -0.4 is 9.47 Å². The highest BCUT2D eigenvalue weighted by Crippen LogP contribution is 2.37. The Bertz CT molecular complexity index is 735. The summed E-state index contributed by atoms with van der Waals surface area (Å²) in [6.45, 7) is 3.86. The Labute approximate surface area is 136 Å². The van der Waals surface area contributed by atoms with Crippen LogP contribution in [0.3, 0.4) is 0 Å². The van der Waals surface area contributed by atoms with Gasteiger partial charge in [-0.1, -0.05) is 23.8 Å². The van der Waals surface area contributed by atoms with Gasteiger partial charge in [-0.05, 0) is 49.2 Å². The normalized spacial score (nSPS) is 10.8. The number of phenolic OH excluding ortho intramolecular Hbond substituents is 1. The predicted octanol–water partition coefficient (Wildman–Crippen LogP) is 3.92. The lowest BCUT2D eigenvalue weighted by molar-refractivity contribution is 0.104. The zero-order valence-electron chi connectivity index (χ0n) is 13.7. The van der Waals surface area contributed by atoms with E-state index in [1.807, 2.05) is 32.0 Å². The fourth-order valence-corrected chi connectivity index (χ4v) is 2.27. The highest BCUT2D eigenvalue weighted by molar-refractivity contribution is 6.07. The van der Waals surface area contributed by atoms with Crippen molar-refractivity contribution >= 4 is 11.9 Å². The number of methoxy groups -OCH3 is 2. The van der Waals surface area contributed by atoms with Gasteiger partial charge in [0.25, 0.3) is 0 Å². The average Bonchev–Trinajstić information content (AvgIpc) is 2.55. The Morgan fingerprint density at radius 1 is 1.04 bits per heavy atom. The van der Waals surface area contributed by atoms with Crippen molar-refractivity contribution in [2.45, 2.75) is 13.8 Å². The molecule has 0 atom stereocenters. The van der Waals surface area contributed by atoms with Crippen LogP contribution in [0, 0.1) is 13.8 Å². The second-order valence-electron chi connectivity index (χ2n) is 5.29. The van der Waals surface area contributed by atoms with Crippen molar-refractivity contribution in [1.29, 1.82) is 0 Å². The number of hydrogen-bond donors (Lipinski definition) is 1. The molecular weight excluding hydrogens is 292 g/mol. The molecule has 1 N–H and O–H groups in total. The molecule has 0 amide bonds. The smallest absolute Gasteiger partial charge is 0.200 e. The minimum absolute atomic E-state index is 0.0620. The third-order valence-electron chi connectivity index (χ3n) is 3.59. The number of phenols is 1. The van der Waals surface area contributed by atoms with E-state index >= 15 is 0 Å². The van der Waals surface area contributed by atoms with E-state index in [0.29, 0.717) is 22.6 Å². The van der Waals surface area contributed by atoms with Gasteiger partial charge >= 0.3 is 0 Å². The van der Waals surface area contributed by atoms with Gasteiger partial charge in [0, 0.05) is 5.56 Å². The summed E-state index contributed by atoms with van der Waals surface area (Å²) in [6.07, 6.45) is 3.18. The number of rotatable bonds is 5. The first-order valence-corrected chi connectivity index (χ1v) is 7.21. The van der Waals surface area contributed by atoms with Crippen LogP contribution in [-0.4, -0.2) is 25.1 Å². The van der Waals surface area contributed by atoms with Crippen molar-refractivity contribution < 1.29 is 19.4 Å². The maximum atomic E-state index is 12.4. The van der Waals surface area contributed by atoms with E-state index in [1.54, 1.807) is 18.2 Å². The molecule has 120 valence electrons. The second kappa shape index (κ2) is 7.01. The van der Waals surface area contributed by atoms with E-state index < -0.39 is 0 Å². The molecule has 0 bridgehead atoms. The number of aryl methyl sites for hydroxylation is 2. The molecule has 0 saturated carbocycles. The molecule has 23 heavy (non-hydrogen) atoms. The van der Waals surface area contributed by atoms with Gasteiger partial charge in [0.15, 0.2) is 17.3 Å². The van der Waals surface area contributed by atoms with Crippen molar-refractivity contribution in [3.05, 3.63) is 58.7 Å². The van der Waals surface area contributed by atoms with E-state index in [1.165, 1.54) is 20.3 Å². The number of allylic oxidation sites excluding steroid dienone is 1. The summed E-state index contributed by atoms with van der Waals surface area (Å²) in [5, 5.41) is 9.89. The first-order chi connectivity index (χ1) is 11.0. The summed E-state index contributed by atoms with van der Waals surface area (Å²) in [5.74, 6) is 0.455. The van der Waals surface area contributed by atoms with Crippen molar-refractivity contribution in [3.8, 4) is 17.2 Å². The van der Waals surface area contributed by atoms with Crippen LogP contribution in [0.5, 0.6) is 17.2 Å². The lowest BCUT2D eigenvalue weighted by atomic mass is 10.0. The molecule has 0 aliphatic carbocycles. The summed E-state index contributed by atoms with van der Waals surface area (Å²) >= 11 is 0. The molecule has 0 aliphatic heterocycles. The molecule has 4 nitrogen and oxygen atoms in total. The summed E-state index contributed by atoms with van der Waals surface area (Å²) in [4.78, 5) is 12.4. The largest absolute Gasteiger partial charge is 0.502 e. The van der Waals surface area contributed by atoms with E-state index in [0.717, 1.165) is 11.1 Å². The fraction of sp³-hybridized carbons (Fsp3) is 0.211. The molecular formula is C19H20O4. The molecule has 4 heteroatoms. The molecule has 2 rings (SSSR count). The highest BCUT2D eigenvalue weighted by Gasteiger charge is 2.11. The fourth-order valence-electron chi connectivity index (χ4n) is 2.27. The molecule has 0 unspecified atom stereocenters. The molecule has 0 spiro atoms. The van der Waals surface area contributed by atoms with Crippen molar-refractivity contribution in [1.82, 2.24) is 0 Å². The van der Waals surface area contributed by atoms with E-state index in [2.05, 4.69) is 0 Å². The van der Waals surface area contributed by atoms with Crippen LogP contribution in [-0.2, 0) is 0 Å². The van der Waals surface area contributed by atoms with Gasteiger partial charge in [-0.15, -0.1) is 0 Å². The van der Waals surface area contributed by atoms with Gasteiger partial charge in [0.2, 0.25) is 5.75 Å². The summed E-state index contributed by atoms with van der Waals surface area (Å²) in [5.41, 5.74) is 3.36. The lowest BCUT2D eigenvalue weighted by Crippen LogP contribution is -1.98. The molecule has 0 heterocycles.